The Kier molecular flexibility index (Phi) is 6.90. The van der Waals surface area contributed by atoms with Crippen molar-refractivity contribution in [3.8, 4) is 0 Å². The quantitative estimate of drug-likeness (QED) is 0.460. The van der Waals surface area contributed by atoms with Gasteiger partial charge in [-0.05, 0) is 46.5 Å². The van der Waals surface area contributed by atoms with Gasteiger partial charge < -0.3 is 10.6 Å². The Bertz CT molecular complexity index is 511. The maximum absolute atomic E-state index is 4.65. The number of rotatable bonds is 7. The average Bonchev–Trinajstić information content (AvgIpc) is 3.10. The minimum atomic E-state index is 0.782. The molecule has 1 aliphatic carbocycles. The van der Waals surface area contributed by atoms with Crippen LogP contribution in [0.15, 0.2) is 16.6 Å². The van der Waals surface area contributed by atoms with Crippen molar-refractivity contribution in [3.05, 3.63) is 27.2 Å². The standard InChI is InChI=1S/C17H28N4S/c1-4-18-17(19-11-9-15-7-5-6-8-15)20-12-10-16-21-13(2)14(3)22-16/h7H,4-6,8-12H2,1-3H3,(H2,18,19,20). The topological polar surface area (TPSA) is 49.3 Å². The minimum Gasteiger partial charge on any atom is -0.357 e. The van der Waals surface area contributed by atoms with Crippen LogP contribution >= 0.6 is 11.3 Å². The molecule has 0 spiro atoms. The Labute approximate surface area is 138 Å². The minimum absolute atomic E-state index is 0.782. The van der Waals surface area contributed by atoms with Gasteiger partial charge in [0, 0.05) is 30.9 Å². The lowest BCUT2D eigenvalue weighted by Gasteiger charge is -2.11. The molecule has 4 nitrogen and oxygen atoms in total. The zero-order valence-corrected chi connectivity index (χ0v) is 14.9. The van der Waals surface area contributed by atoms with Crippen molar-refractivity contribution in [2.75, 3.05) is 19.6 Å². The molecule has 1 aromatic rings. The zero-order valence-electron chi connectivity index (χ0n) is 14.0. The van der Waals surface area contributed by atoms with Crippen molar-refractivity contribution in [2.45, 2.75) is 52.9 Å². The van der Waals surface area contributed by atoms with Crippen molar-refractivity contribution < 1.29 is 0 Å². The lowest BCUT2D eigenvalue weighted by Crippen LogP contribution is -2.38. The number of allylic oxidation sites excluding steroid dienone is 1. The van der Waals surface area contributed by atoms with Gasteiger partial charge in [0.1, 0.15) is 0 Å². The van der Waals surface area contributed by atoms with E-state index in [-0.39, 0.29) is 0 Å². The van der Waals surface area contributed by atoms with Gasteiger partial charge in [0.05, 0.1) is 10.7 Å². The summed E-state index contributed by atoms with van der Waals surface area (Å²) in [7, 11) is 0. The second kappa shape index (κ2) is 8.93. The van der Waals surface area contributed by atoms with Gasteiger partial charge in [0.15, 0.2) is 5.96 Å². The first-order chi connectivity index (χ1) is 10.7. The molecule has 1 aliphatic rings. The molecule has 0 unspecified atom stereocenters. The van der Waals surface area contributed by atoms with Gasteiger partial charge in [-0.3, -0.25) is 4.99 Å². The van der Waals surface area contributed by atoms with Crippen LogP contribution in [0.25, 0.3) is 0 Å². The Morgan fingerprint density at radius 3 is 2.82 bits per heavy atom. The third kappa shape index (κ3) is 5.44. The normalized spacial score (nSPS) is 15.0. The van der Waals surface area contributed by atoms with E-state index in [4.69, 9.17) is 0 Å². The highest BCUT2D eigenvalue weighted by molar-refractivity contribution is 7.11. The molecule has 1 heterocycles. The maximum atomic E-state index is 4.65. The van der Waals surface area contributed by atoms with Crippen LogP contribution < -0.4 is 10.6 Å². The molecule has 22 heavy (non-hydrogen) atoms. The monoisotopic (exact) mass is 320 g/mol. The molecule has 0 radical (unpaired) electrons. The summed E-state index contributed by atoms with van der Waals surface area (Å²) in [4.78, 5) is 10.5. The first-order valence-electron chi connectivity index (χ1n) is 8.32. The number of aromatic nitrogens is 1. The molecule has 2 rings (SSSR count). The van der Waals surface area contributed by atoms with E-state index < -0.39 is 0 Å². The Hall–Kier alpha value is -1.36. The number of aryl methyl sites for hydroxylation is 2. The van der Waals surface area contributed by atoms with Crippen LogP contribution in [0.2, 0.25) is 0 Å². The molecular formula is C17H28N4S. The van der Waals surface area contributed by atoms with Crippen LogP contribution in [0, 0.1) is 13.8 Å². The van der Waals surface area contributed by atoms with Gasteiger partial charge in [-0.15, -0.1) is 11.3 Å². The fourth-order valence-electron chi connectivity index (χ4n) is 2.56. The molecule has 122 valence electrons. The van der Waals surface area contributed by atoms with Gasteiger partial charge >= 0.3 is 0 Å². The van der Waals surface area contributed by atoms with Gasteiger partial charge in [-0.1, -0.05) is 11.6 Å². The maximum Gasteiger partial charge on any atom is 0.191 e. The summed E-state index contributed by atoms with van der Waals surface area (Å²) in [6, 6.07) is 0. The summed E-state index contributed by atoms with van der Waals surface area (Å²) in [5.41, 5.74) is 2.75. The fraction of sp³-hybridized carbons (Fsp3) is 0.647. The highest BCUT2D eigenvalue weighted by Crippen LogP contribution is 2.19. The van der Waals surface area contributed by atoms with E-state index in [1.54, 1.807) is 16.9 Å². The molecule has 0 fully saturated rings. The van der Waals surface area contributed by atoms with Crippen LogP contribution in [-0.4, -0.2) is 30.6 Å². The van der Waals surface area contributed by atoms with Crippen molar-refractivity contribution in [3.63, 3.8) is 0 Å². The summed E-state index contributed by atoms with van der Waals surface area (Å²) in [6.07, 6.45) is 8.31. The number of nitrogens with one attached hydrogen (secondary N) is 2. The Morgan fingerprint density at radius 1 is 1.32 bits per heavy atom. The second-order valence-corrected chi connectivity index (χ2v) is 6.98. The molecule has 1 aromatic heterocycles. The van der Waals surface area contributed by atoms with Crippen molar-refractivity contribution >= 4 is 17.3 Å². The lowest BCUT2D eigenvalue weighted by atomic mass is 10.2. The molecule has 0 saturated heterocycles. The van der Waals surface area contributed by atoms with E-state index in [0.717, 1.165) is 44.1 Å². The van der Waals surface area contributed by atoms with Gasteiger partial charge in [-0.2, -0.15) is 0 Å². The number of hydrogen-bond acceptors (Lipinski definition) is 3. The van der Waals surface area contributed by atoms with Crippen LogP contribution in [0.4, 0.5) is 0 Å². The van der Waals surface area contributed by atoms with E-state index in [2.05, 4.69) is 47.5 Å². The average molecular weight is 321 g/mol. The molecule has 0 amide bonds. The number of hydrogen-bond donors (Lipinski definition) is 2. The molecule has 2 N–H and O–H groups in total. The highest BCUT2D eigenvalue weighted by Gasteiger charge is 2.05. The van der Waals surface area contributed by atoms with Crippen LogP contribution in [0.5, 0.6) is 0 Å². The third-order valence-corrected chi connectivity index (χ3v) is 5.02. The van der Waals surface area contributed by atoms with Crippen molar-refractivity contribution in [1.82, 2.24) is 15.6 Å². The molecule has 0 saturated carbocycles. The molecule has 0 atom stereocenters. The van der Waals surface area contributed by atoms with Crippen molar-refractivity contribution in [2.24, 2.45) is 4.99 Å². The van der Waals surface area contributed by atoms with E-state index >= 15 is 0 Å². The van der Waals surface area contributed by atoms with E-state index in [1.807, 2.05) is 0 Å². The smallest absolute Gasteiger partial charge is 0.191 e. The molecule has 0 aromatic carbocycles. The van der Waals surface area contributed by atoms with Crippen LogP contribution in [-0.2, 0) is 6.42 Å². The lowest BCUT2D eigenvalue weighted by molar-refractivity contribution is 0.773. The summed E-state index contributed by atoms with van der Waals surface area (Å²) in [5, 5.41) is 7.93. The first-order valence-corrected chi connectivity index (χ1v) is 9.13. The van der Waals surface area contributed by atoms with E-state index in [0.29, 0.717) is 0 Å². The van der Waals surface area contributed by atoms with Crippen molar-refractivity contribution in [1.29, 1.82) is 0 Å². The predicted octanol–water partition coefficient (Wildman–Crippen LogP) is 3.36. The third-order valence-electron chi connectivity index (χ3n) is 3.89. The second-order valence-electron chi connectivity index (χ2n) is 5.69. The van der Waals surface area contributed by atoms with Gasteiger partial charge in [0.25, 0.3) is 0 Å². The predicted molar refractivity (Wildman–Crippen MR) is 95.8 cm³/mol. The van der Waals surface area contributed by atoms with E-state index in [9.17, 15) is 0 Å². The first kappa shape index (κ1) is 17.0. The fourth-order valence-corrected chi connectivity index (χ4v) is 3.48. The largest absolute Gasteiger partial charge is 0.357 e. The van der Waals surface area contributed by atoms with Crippen LogP contribution in [0.3, 0.4) is 0 Å². The molecule has 0 aliphatic heterocycles. The molecular weight excluding hydrogens is 292 g/mol. The number of aliphatic imine (C=N–C) groups is 1. The number of guanidine groups is 1. The number of thiazole rings is 1. The Morgan fingerprint density at radius 2 is 2.18 bits per heavy atom. The SMILES string of the molecule is CCNC(=NCCc1nc(C)c(C)s1)NCCC1=CCCC1. The van der Waals surface area contributed by atoms with E-state index in [1.165, 1.54) is 29.1 Å². The summed E-state index contributed by atoms with van der Waals surface area (Å²) < 4.78 is 0. The Balaban J connectivity index is 1.76. The summed E-state index contributed by atoms with van der Waals surface area (Å²) >= 11 is 1.79. The summed E-state index contributed by atoms with van der Waals surface area (Å²) in [5.74, 6) is 0.922. The summed E-state index contributed by atoms with van der Waals surface area (Å²) in [6.45, 7) is 8.94. The molecule has 0 bridgehead atoms. The van der Waals surface area contributed by atoms with Crippen LogP contribution in [0.1, 0.15) is 48.2 Å². The van der Waals surface area contributed by atoms with Gasteiger partial charge in [-0.25, -0.2) is 4.98 Å². The number of nitrogens with zero attached hydrogens (tertiary/aromatic N) is 2. The highest BCUT2D eigenvalue weighted by atomic mass is 32.1. The zero-order chi connectivity index (χ0) is 15.8. The molecule has 5 heteroatoms. The van der Waals surface area contributed by atoms with Gasteiger partial charge in [0.2, 0.25) is 0 Å².